The Morgan fingerprint density at radius 1 is 1.26 bits per heavy atom. The Balaban J connectivity index is 0.00000192. The first kappa shape index (κ1) is 19.2. The molecule has 0 aliphatic carbocycles. The number of halogens is 1. The summed E-state index contributed by atoms with van der Waals surface area (Å²) in [4.78, 5) is 9.69. The van der Waals surface area contributed by atoms with E-state index >= 15 is 0 Å². The van der Waals surface area contributed by atoms with E-state index in [1.54, 1.807) is 0 Å². The smallest absolute Gasteiger partial charge is 0.193 e. The van der Waals surface area contributed by atoms with E-state index in [0.29, 0.717) is 18.2 Å². The highest BCUT2D eigenvalue weighted by atomic mass is 127. The van der Waals surface area contributed by atoms with Gasteiger partial charge in [0, 0.05) is 44.1 Å². The third-order valence-electron chi connectivity index (χ3n) is 5.68. The fourth-order valence-corrected chi connectivity index (χ4v) is 4.13. The van der Waals surface area contributed by atoms with Gasteiger partial charge in [-0.2, -0.15) is 0 Å². The number of nitrogens with zero attached hydrogens (tertiary/aromatic N) is 3. The van der Waals surface area contributed by atoms with Gasteiger partial charge in [-0.15, -0.1) is 24.0 Å². The summed E-state index contributed by atoms with van der Waals surface area (Å²) in [7, 11) is 2.17. The zero-order chi connectivity index (χ0) is 15.7. The molecule has 134 valence electrons. The number of aliphatic imine (C=N–C) groups is 1. The van der Waals surface area contributed by atoms with Gasteiger partial charge in [0.05, 0.1) is 18.8 Å². The van der Waals surface area contributed by atoms with Crippen molar-refractivity contribution in [3.05, 3.63) is 0 Å². The van der Waals surface area contributed by atoms with Crippen LogP contribution in [0.1, 0.15) is 33.6 Å². The number of likely N-dealkylation sites (N-methyl/N-ethyl adjacent to an activating group) is 1. The van der Waals surface area contributed by atoms with Crippen LogP contribution in [0.3, 0.4) is 0 Å². The summed E-state index contributed by atoms with van der Waals surface area (Å²) in [6.07, 6.45) is 3.59. The van der Waals surface area contributed by atoms with Crippen LogP contribution < -0.4 is 5.32 Å². The van der Waals surface area contributed by atoms with Gasteiger partial charge in [-0.05, 0) is 40.7 Å². The SMILES string of the molecule is CCNC(=NCCN(C)C(C)C)N1CC2C3CCC(O3)C2C1.I. The van der Waals surface area contributed by atoms with Gasteiger partial charge in [0.2, 0.25) is 0 Å². The fourth-order valence-electron chi connectivity index (χ4n) is 4.13. The van der Waals surface area contributed by atoms with E-state index in [2.05, 4.69) is 42.9 Å². The third kappa shape index (κ3) is 4.12. The maximum Gasteiger partial charge on any atom is 0.193 e. The average Bonchev–Trinajstić information content (AvgIpc) is 3.18. The third-order valence-corrected chi connectivity index (χ3v) is 5.68. The summed E-state index contributed by atoms with van der Waals surface area (Å²) in [5.41, 5.74) is 0. The number of hydrogen-bond acceptors (Lipinski definition) is 3. The zero-order valence-electron chi connectivity index (χ0n) is 15.0. The standard InChI is InChI=1S/C17H32N4O.HI/c1-5-18-17(19-8-9-20(4)12(2)3)21-10-13-14(11-21)16-7-6-15(13)22-16;/h12-16H,5-11H2,1-4H3,(H,18,19);1H. The Morgan fingerprint density at radius 3 is 2.39 bits per heavy atom. The van der Waals surface area contributed by atoms with Crippen molar-refractivity contribution >= 4 is 29.9 Å². The fraction of sp³-hybridized carbons (Fsp3) is 0.941. The van der Waals surface area contributed by atoms with Crippen LogP contribution in [-0.2, 0) is 4.74 Å². The molecule has 4 unspecified atom stereocenters. The minimum absolute atomic E-state index is 0. The van der Waals surface area contributed by atoms with E-state index in [1.807, 2.05) is 0 Å². The molecular weight excluding hydrogens is 403 g/mol. The van der Waals surface area contributed by atoms with Crippen molar-refractivity contribution in [3.63, 3.8) is 0 Å². The number of guanidine groups is 1. The highest BCUT2D eigenvalue weighted by Gasteiger charge is 2.53. The van der Waals surface area contributed by atoms with Crippen molar-refractivity contribution in [1.29, 1.82) is 0 Å². The van der Waals surface area contributed by atoms with E-state index < -0.39 is 0 Å². The highest BCUT2D eigenvalue weighted by Crippen LogP contribution is 2.47. The van der Waals surface area contributed by atoms with Gasteiger partial charge in [-0.3, -0.25) is 4.99 Å². The quantitative estimate of drug-likeness (QED) is 0.407. The number of nitrogens with one attached hydrogen (secondary N) is 1. The Kier molecular flexibility index (Phi) is 6.98. The predicted molar refractivity (Wildman–Crippen MR) is 106 cm³/mol. The van der Waals surface area contributed by atoms with Crippen LogP contribution >= 0.6 is 24.0 Å². The Morgan fingerprint density at radius 2 is 1.87 bits per heavy atom. The van der Waals surface area contributed by atoms with Crippen LogP contribution in [0, 0.1) is 11.8 Å². The lowest BCUT2D eigenvalue weighted by Crippen LogP contribution is -2.42. The summed E-state index contributed by atoms with van der Waals surface area (Å²) in [5.74, 6) is 2.58. The molecule has 0 aromatic rings. The van der Waals surface area contributed by atoms with E-state index in [0.717, 1.165) is 50.5 Å². The number of hydrogen-bond donors (Lipinski definition) is 1. The van der Waals surface area contributed by atoms with E-state index in [1.165, 1.54) is 12.8 Å². The molecule has 2 bridgehead atoms. The second-order valence-corrected chi connectivity index (χ2v) is 7.33. The lowest BCUT2D eigenvalue weighted by molar-refractivity contribution is 0.0767. The molecule has 3 aliphatic rings. The highest BCUT2D eigenvalue weighted by molar-refractivity contribution is 14.0. The lowest BCUT2D eigenvalue weighted by atomic mass is 9.82. The summed E-state index contributed by atoms with van der Waals surface area (Å²) in [6.45, 7) is 11.7. The van der Waals surface area contributed by atoms with Gasteiger partial charge < -0.3 is 19.9 Å². The lowest BCUT2D eigenvalue weighted by Gasteiger charge is -2.24. The van der Waals surface area contributed by atoms with Gasteiger partial charge in [0.25, 0.3) is 0 Å². The van der Waals surface area contributed by atoms with Crippen LogP contribution in [0.15, 0.2) is 4.99 Å². The molecule has 1 N–H and O–H groups in total. The van der Waals surface area contributed by atoms with Gasteiger partial charge in [0.1, 0.15) is 0 Å². The number of ether oxygens (including phenoxy) is 1. The Bertz CT molecular complexity index is 399. The molecule has 3 fully saturated rings. The monoisotopic (exact) mass is 436 g/mol. The van der Waals surface area contributed by atoms with E-state index in [9.17, 15) is 0 Å². The first-order valence-electron chi connectivity index (χ1n) is 8.99. The molecule has 3 rings (SSSR count). The number of fused-ring (bicyclic) bond motifs is 5. The molecular formula is C17H33IN4O. The molecule has 0 saturated carbocycles. The first-order chi connectivity index (χ1) is 10.6. The zero-order valence-corrected chi connectivity index (χ0v) is 17.3. The van der Waals surface area contributed by atoms with Crippen molar-refractivity contribution in [2.24, 2.45) is 16.8 Å². The number of rotatable bonds is 5. The summed E-state index contributed by atoms with van der Waals surface area (Å²) in [5, 5.41) is 3.48. The molecule has 6 heteroatoms. The largest absolute Gasteiger partial charge is 0.374 e. The predicted octanol–water partition coefficient (Wildman–Crippen LogP) is 2.02. The molecule has 0 amide bonds. The van der Waals surface area contributed by atoms with Crippen molar-refractivity contribution in [3.8, 4) is 0 Å². The van der Waals surface area contributed by atoms with Crippen molar-refractivity contribution in [1.82, 2.24) is 15.1 Å². The van der Waals surface area contributed by atoms with Crippen molar-refractivity contribution < 1.29 is 4.74 Å². The normalized spacial score (nSPS) is 32.6. The first-order valence-corrected chi connectivity index (χ1v) is 8.99. The van der Waals surface area contributed by atoms with E-state index in [4.69, 9.17) is 9.73 Å². The second kappa shape index (κ2) is 8.34. The Hall–Kier alpha value is -0.0800. The minimum Gasteiger partial charge on any atom is -0.374 e. The molecule has 0 aromatic carbocycles. The molecule has 5 nitrogen and oxygen atoms in total. The summed E-state index contributed by atoms with van der Waals surface area (Å²) in [6, 6.07) is 0.580. The van der Waals surface area contributed by atoms with Crippen LogP contribution in [0.2, 0.25) is 0 Å². The summed E-state index contributed by atoms with van der Waals surface area (Å²) >= 11 is 0. The summed E-state index contributed by atoms with van der Waals surface area (Å²) < 4.78 is 6.07. The molecule has 0 radical (unpaired) electrons. The van der Waals surface area contributed by atoms with Crippen molar-refractivity contribution in [2.75, 3.05) is 39.8 Å². The molecule has 0 aromatic heterocycles. The average molecular weight is 436 g/mol. The molecule has 0 spiro atoms. The van der Waals surface area contributed by atoms with Gasteiger partial charge in [-0.25, -0.2) is 0 Å². The Labute approximate surface area is 158 Å². The van der Waals surface area contributed by atoms with Gasteiger partial charge in [0.15, 0.2) is 5.96 Å². The maximum atomic E-state index is 6.07. The maximum absolute atomic E-state index is 6.07. The van der Waals surface area contributed by atoms with E-state index in [-0.39, 0.29) is 24.0 Å². The molecule has 3 saturated heterocycles. The van der Waals surface area contributed by atoms with Gasteiger partial charge in [-0.1, -0.05) is 0 Å². The van der Waals surface area contributed by atoms with Crippen LogP contribution in [0.25, 0.3) is 0 Å². The second-order valence-electron chi connectivity index (χ2n) is 7.33. The van der Waals surface area contributed by atoms with Crippen LogP contribution in [0.4, 0.5) is 0 Å². The van der Waals surface area contributed by atoms with Gasteiger partial charge >= 0.3 is 0 Å². The molecule has 3 aliphatic heterocycles. The van der Waals surface area contributed by atoms with Crippen LogP contribution in [-0.4, -0.2) is 73.8 Å². The molecule has 3 heterocycles. The molecule has 4 atom stereocenters. The molecule has 23 heavy (non-hydrogen) atoms. The topological polar surface area (TPSA) is 40.1 Å². The van der Waals surface area contributed by atoms with Crippen molar-refractivity contribution in [2.45, 2.75) is 51.9 Å². The van der Waals surface area contributed by atoms with Crippen LogP contribution in [0.5, 0.6) is 0 Å². The number of likely N-dealkylation sites (tertiary alicyclic amines) is 1. The minimum atomic E-state index is 0.